The smallest absolute Gasteiger partial charge is 0.229 e. The molecule has 1 aromatic carbocycles. The molecule has 0 saturated heterocycles. The van der Waals surface area contributed by atoms with Gasteiger partial charge in [0.1, 0.15) is 0 Å². The number of carbonyl (C=O) groups excluding carboxylic acids is 1. The van der Waals surface area contributed by atoms with Crippen molar-refractivity contribution >= 4 is 12.0 Å². The Kier molecular flexibility index (Phi) is 3.98. The predicted octanol–water partition coefficient (Wildman–Crippen LogP) is 3.47. The van der Waals surface area contributed by atoms with Gasteiger partial charge in [0.25, 0.3) is 0 Å². The maximum Gasteiger partial charge on any atom is 0.229 e. The number of amides is 1. The summed E-state index contributed by atoms with van der Waals surface area (Å²) in [6, 6.07) is 10.1. The maximum atomic E-state index is 12.0. The molecule has 0 unspecified atom stereocenters. The van der Waals surface area contributed by atoms with Crippen LogP contribution in [0.1, 0.15) is 25.3 Å². The van der Waals surface area contributed by atoms with Crippen LogP contribution in [-0.4, -0.2) is 17.4 Å². The number of benzene rings is 1. The van der Waals surface area contributed by atoms with Crippen LogP contribution >= 0.6 is 0 Å². The molecular weight excluding hydrogens is 222 g/mol. The van der Waals surface area contributed by atoms with Crippen LogP contribution in [0.3, 0.4) is 0 Å². The second kappa shape index (κ2) is 5.67. The first-order chi connectivity index (χ1) is 8.70. The lowest BCUT2D eigenvalue weighted by Gasteiger charge is -2.18. The Morgan fingerprint density at radius 1 is 1.39 bits per heavy atom. The molecule has 1 aliphatic carbocycles. The average molecular weight is 241 g/mol. The van der Waals surface area contributed by atoms with Gasteiger partial charge < -0.3 is 4.90 Å². The second-order valence-corrected chi connectivity index (χ2v) is 4.82. The van der Waals surface area contributed by atoms with E-state index in [1.807, 2.05) is 25.1 Å². The Labute approximate surface area is 109 Å². The third-order valence-corrected chi connectivity index (χ3v) is 3.06. The van der Waals surface area contributed by atoms with Gasteiger partial charge in [-0.3, -0.25) is 4.79 Å². The number of hydrogen-bond acceptors (Lipinski definition) is 1. The zero-order valence-corrected chi connectivity index (χ0v) is 10.8. The zero-order valence-electron chi connectivity index (χ0n) is 10.8. The number of rotatable bonds is 5. The lowest BCUT2D eigenvalue weighted by atomic mass is 10.1. The van der Waals surface area contributed by atoms with Crippen LogP contribution in [0.5, 0.6) is 0 Å². The van der Waals surface area contributed by atoms with Gasteiger partial charge in [-0.15, -0.1) is 0 Å². The second-order valence-electron chi connectivity index (χ2n) is 4.82. The monoisotopic (exact) mass is 241 g/mol. The normalized spacial score (nSPS) is 15.3. The van der Waals surface area contributed by atoms with Crippen molar-refractivity contribution in [3.63, 3.8) is 0 Å². The zero-order chi connectivity index (χ0) is 13.0. The largest absolute Gasteiger partial charge is 0.315 e. The van der Waals surface area contributed by atoms with Crippen molar-refractivity contribution in [3.05, 3.63) is 54.2 Å². The highest BCUT2D eigenvalue weighted by Crippen LogP contribution is 2.31. The number of carbonyl (C=O) groups is 1. The summed E-state index contributed by atoms with van der Waals surface area (Å²) in [7, 11) is 0. The number of nitrogens with zero attached hydrogens (tertiary/aromatic N) is 1. The molecule has 0 heterocycles. The summed E-state index contributed by atoms with van der Waals surface area (Å²) in [6.45, 7) is 6.41. The SMILES string of the molecule is C=CN(C/C(C)=C/c1ccccc1)C(=O)C1CC1. The quantitative estimate of drug-likeness (QED) is 0.773. The van der Waals surface area contributed by atoms with E-state index < -0.39 is 0 Å². The van der Waals surface area contributed by atoms with E-state index in [-0.39, 0.29) is 11.8 Å². The third kappa shape index (κ3) is 3.33. The van der Waals surface area contributed by atoms with Gasteiger partial charge >= 0.3 is 0 Å². The van der Waals surface area contributed by atoms with Crippen LogP contribution in [0.4, 0.5) is 0 Å². The molecule has 0 bridgehead atoms. The Morgan fingerprint density at radius 2 is 2.06 bits per heavy atom. The van der Waals surface area contributed by atoms with E-state index in [0.29, 0.717) is 6.54 Å². The third-order valence-electron chi connectivity index (χ3n) is 3.06. The molecule has 0 atom stereocenters. The fourth-order valence-corrected chi connectivity index (χ4v) is 1.95. The molecule has 2 heteroatoms. The Bertz CT molecular complexity index is 457. The molecule has 0 aliphatic heterocycles. The van der Waals surface area contributed by atoms with Gasteiger partial charge in [-0.1, -0.05) is 48.6 Å². The fourth-order valence-electron chi connectivity index (χ4n) is 1.95. The minimum atomic E-state index is 0.214. The summed E-state index contributed by atoms with van der Waals surface area (Å²) in [5.74, 6) is 0.457. The van der Waals surface area contributed by atoms with Gasteiger partial charge in [0.2, 0.25) is 5.91 Å². The van der Waals surface area contributed by atoms with E-state index in [0.717, 1.165) is 24.0 Å². The molecule has 18 heavy (non-hydrogen) atoms. The Balaban J connectivity index is 2.00. The van der Waals surface area contributed by atoms with E-state index >= 15 is 0 Å². The molecule has 1 amide bonds. The van der Waals surface area contributed by atoms with Crippen LogP contribution in [0, 0.1) is 5.92 Å². The lowest BCUT2D eigenvalue weighted by molar-refractivity contribution is -0.129. The molecule has 1 fully saturated rings. The van der Waals surface area contributed by atoms with E-state index in [1.165, 1.54) is 0 Å². The Hall–Kier alpha value is -1.83. The van der Waals surface area contributed by atoms with Crippen LogP contribution < -0.4 is 0 Å². The van der Waals surface area contributed by atoms with Gasteiger partial charge in [0.15, 0.2) is 0 Å². The molecule has 0 aromatic heterocycles. The van der Waals surface area contributed by atoms with Crippen LogP contribution in [0.25, 0.3) is 6.08 Å². The molecule has 2 nitrogen and oxygen atoms in total. The summed E-state index contributed by atoms with van der Waals surface area (Å²) in [6.07, 6.45) is 5.81. The summed E-state index contributed by atoms with van der Waals surface area (Å²) in [5, 5.41) is 0. The van der Waals surface area contributed by atoms with Gasteiger partial charge in [-0.05, 0) is 31.5 Å². The fraction of sp³-hybridized carbons (Fsp3) is 0.312. The van der Waals surface area contributed by atoms with Crippen LogP contribution in [0.15, 0.2) is 48.7 Å². The molecule has 0 radical (unpaired) electrons. The van der Waals surface area contributed by atoms with Crippen molar-refractivity contribution in [1.29, 1.82) is 0 Å². The van der Waals surface area contributed by atoms with Crippen molar-refractivity contribution in [2.45, 2.75) is 19.8 Å². The first-order valence-corrected chi connectivity index (χ1v) is 6.36. The molecule has 0 spiro atoms. The van der Waals surface area contributed by atoms with Gasteiger partial charge in [0, 0.05) is 12.5 Å². The molecule has 2 rings (SSSR count). The minimum absolute atomic E-state index is 0.214. The first kappa shape index (κ1) is 12.6. The van der Waals surface area contributed by atoms with E-state index in [4.69, 9.17) is 0 Å². The molecular formula is C16H19NO. The molecule has 1 aromatic rings. The summed E-state index contributed by atoms with van der Waals surface area (Å²) in [5.41, 5.74) is 2.33. The highest BCUT2D eigenvalue weighted by Gasteiger charge is 2.32. The van der Waals surface area contributed by atoms with Crippen molar-refractivity contribution < 1.29 is 4.79 Å². The lowest BCUT2D eigenvalue weighted by Crippen LogP contribution is -2.28. The van der Waals surface area contributed by atoms with E-state index in [9.17, 15) is 4.79 Å². The average Bonchev–Trinajstić information content (AvgIpc) is 3.20. The highest BCUT2D eigenvalue weighted by atomic mass is 16.2. The minimum Gasteiger partial charge on any atom is -0.315 e. The van der Waals surface area contributed by atoms with Crippen LogP contribution in [-0.2, 0) is 4.79 Å². The topological polar surface area (TPSA) is 20.3 Å². The van der Waals surface area contributed by atoms with E-state index in [2.05, 4.69) is 24.8 Å². The molecule has 1 aliphatic rings. The Morgan fingerprint density at radius 3 is 2.61 bits per heavy atom. The van der Waals surface area contributed by atoms with Crippen molar-refractivity contribution in [3.8, 4) is 0 Å². The molecule has 94 valence electrons. The summed E-state index contributed by atoms with van der Waals surface area (Å²) >= 11 is 0. The maximum absolute atomic E-state index is 12.0. The molecule has 0 N–H and O–H groups in total. The first-order valence-electron chi connectivity index (χ1n) is 6.36. The van der Waals surface area contributed by atoms with Crippen molar-refractivity contribution in [2.24, 2.45) is 5.92 Å². The number of hydrogen-bond donors (Lipinski definition) is 0. The van der Waals surface area contributed by atoms with Gasteiger partial charge in [0.05, 0.1) is 0 Å². The van der Waals surface area contributed by atoms with Crippen molar-refractivity contribution in [1.82, 2.24) is 4.90 Å². The van der Waals surface area contributed by atoms with Crippen molar-refractivity contribution in [2.75, 3.05) is 6.54 Å². The highest BCUT2D eigenvalue weighted by molar-refractivity contribution is 5.82. The summed E-state index contributed by atoms with van der Waals surface area (Å²) < 4.78 is 0. The molecule has 1 saturated carbocycles. The van der Waals surface area contributed by atoms with E-state index in [1.54, 1.807) is 11.1 Å². The van der Waals surface area contributed by atoms with Gasteiger partial charge in [-0.25, -0.2) is 0 Å². The summed E-state index contributed by atoms with van der Waals surface area (Å²) in [4.78, 5) is 13.7. The predicted molar refractivity (Wildman–Crippen MR) is 74.7 cm³/mol. The van der Waals surface area contributed by atoms with Gasteiger partial charge in [-0.2, -0.15) is 0 Å². The standard InChI is InChI=1S/C16H19NO/c1-3-17(16(18)15-9-10-15)12-13(2)11-14-7-5-4-6-8-14/h3-8,11,15H,1,9-10,12H2,2H3/b13-11+. The van der Waals surface area contributed by atoms with Crippen LogP contribution in [0.2, 0.25) is 0 Å².